The summed E-state index contributed by atoms with van der Waals surface area (Å²) in [7, 11) is 3.10. The number of carbonyl (C=O) groups excluding carboxylic acids is 2. The lowest BCUT2D eigenvalue weighted by Gasteiger charge is -2.25. The van der Waals surface area contributed by atoms with E-state index in [1.165, 1.54) is 0 Å². The predicted octanol–water partition coefficient (Wildman–Crippen LogP) is 3.97. The van der Waals surface area contributed by atoms with Gasteiger partial charge in [0.2, 0.25) is 11.7 Å². The van der Waals surface area contributed by atoms with E-state index in [1.807, 2.05) is 39.0 Å². The van der Waals surface area contributed by atoms with Gasteiger partial charge in [0.15, 0.2) is 11.5 Å². The van der Waals surface area contributed by atoms with Crippen molar-refractivity contribution >= 4 is 11.9 Å². The zero-order valence-electron chi connectivity index (χ0n) is 18.7. The molecule has 0 saturated heterocycles. The summed E-state index contributed by atoms with van der Waals surface area (Å²) in [5, 5.41) is 2.92. The largest absolute Gasteiger partial charge is 0.493 e. The fourth-order valence-electron chi connectivity index (χ4n) is 3.37. The SMILES string of the molecule is CCCNC(=O)C(C)(C)COc1c(-c2ccc3c(c2)COC3=O)ccc(OC)c1OC. The van der Waals surface area contributed by atoms with Gasteiger partial charge in [-0.25, -0.2) is 4.79 Å². The lowest BCUT2D eigenvalue weighted by molar-refractivity contribution is -0.130. The highest BCUT2D eigenvalue weighted by molar-refractivity contribution is 5.94. The maximum absolute atomic E-state index is 12.5. The summed E-state index contributed by atoms with van der Waals surface area (Å²) in [5.74, 6) is 1.05. The second kappa shape index (κ2) is 9.29. The molecule has 31 heavy (non-hydrogen) atoms. The molecule has 0 spiro atoms. The molecule has 7 heteroatoms. The van der Waals surface area contributed by atoms with E-state index in [4.69, 9.17) is 18.9 Å². The molecule has 2 aromatic rings. The maximum atomic E-state index is 12.5. The van der Waals surface area contributed by atoms with Gasteiger partial charge < -0.3 is 24.3 Å². The molecule has 0 atom stereocenters. The van der Waals surface area contributed by atoms with Crippen LogP contribution in [0.15, 0.2) is 30.3 Å². The second-order valence-corrected chi connectivity index (χ2v) is 8.05. The van der Waals surface area contributed by atoms with Gasteiger partial charge in [-0.1, -0.05) is 13.0 Å². The number of nitrogens with one attached hydrogen (secondary N) is 1. The van der Waals surface area contributed by atoms with Crippen LogP contribution in [-0.2, 0) is 16.1 Å². The van der Waals surface area contributed by atoms with E-state index in [0.29, 0.717) is 29.4 Å². The van der Waals surface area contributed by atoms with Crippen LogP contribution in [-0.4, -0.2) is 39.2 Å². The van der Waals surface area contributed by atoms with E-state index < -0.39 is 5.41 Å². The van der Waals surface area contributed by atoms with Crippen molar-refractivity contribution in [3.63, 3.8) is 0 Å². The molecule has 1 heterocycles. The van der Waals surface area contributed by atoms with Crippen molar-refractivity contribution in [2.75, 3.05) is 27.4 Å². The average molecular weight is 427 g/mol. The number of ether oxygens (including phenoxy) is 4. The van der Waals surface area contributed by atoms with Crippen molar-refractivity contribution in [3.8, 4) is 28.4 Å². The maximum Gasteiger partial charge on any atom is 0.338 e. The van der Waals surface area contributed by atoms with Gasteiger partial charge in [-0.05, 0) is 50.1 Å². The van der Waals surface area contributed by atoms with Crippen molar-refractivity contribution in [1.29, 1.82) is 0 Å². The van der Waals surface area contributed by atoms with E-state index >= 15 is 0 Å². The molecule has 166 valence electrons. The van der Waals surface area contributed by atoms with Gasteiger partial charge in [-0.15, -0.1) is 0 Å². The first-order valence-corrected chi connectivity index (χ1v) is 10.3. The van der Waals surface area contributed by atoms with Crippen LogP contribution in [0.25, 0.3) is 11.1 Å². The molecule has 0 fully saturated rings. The van der Waals surface area contributed by atoms with E-state index in [2.05, 4.69) is 5.32 Å². The number of esters is 1. The summed E-state index contributed by atoms with van der Waals surface area (Å²) >= 11 is 0. The Labute approximate surface area is 182 Å². The van der Waals surface area contributed by atoms with Gasteiger partial charge >= 0.3 is 5.97 Å². The highest BCUT2D eigenvalue weighted by Crippen LogP contribution is 2.45. The first-order chi connectivity index (χ1) is 14.8. The molecule has 0 saturated carbocycles. The molecule has 1 aliphatic heterocycles. The first kappa shape index (κ1) is 22.5. The van der Waals surface area contributed by atoms with Crippen LogP contribution >= 0.6 is 0 Å². The number of methoxy groups -OCH3 is 2. The minimum absolute atomic E-state index is 0.0778. The fraction of sp³-hybridized carbons (Fsp3) is 0.417. The van der Waals surface area contributed by atoms with E-state index in [-0.39, 0.29) is 25.1 Å². The molecule has 7 nitrogen and oxygen atoms in total. The lowest BCUT2D eigenvalue weighted by atomic mass is 9.93. The molecule has 0 bridgehead atoms. The van der Waals surface area contributed by atoms with E-state index in [0.717, 1.165) is 23.1 Å². The van der Waals surface area contributed by atoms with Crippen LogP contribution in [0, 0.1) is 5.41 Å². The Balaban J connectivity index is 1.98. The smallest absolute Gasteiger partial charge is 0.338 e. The molecule has 1 amide bonds. The fourth-order valence-corrected chi connectivity index (χ4v) is 3.37. The Morgan fingerprint density at radius 2 is 1.84 bits per heavy atom. The Hall–Kier alpha value is -3.22. The van der Waals surface area contributed by atoms with E-state index in [1.54, 1.807) is 26.4 Å². The third-order valence-electron chi connectivity index (χ3n) is 5.22. The second-order valence-electron chi connectivity index (χ2n) is 8.05. The Bertz CT molecular complexity index is 982. The van der Waals surface area contributed by atoms with Gasteiger partial charge in [-0.3, -0.25) is 4.79 Å². The van der Waals surface area contributed by atoms with Gasteiger partial charge in [0, 0.05) is 17.7 Å². The molecule has 3 rings (SSSR count). The topological polar surface area (TPSA) is 83.1 Å². The minimum Gasteiger partial charge on any atom is -0.493 e. The van der Waals surface area contributed by atoms with Gasteiger partial charge in [0.25, 0.3) is 0 Å². The Morgan fingerprint density at radius 3 is 2.52 bits per heavy atom. The number of hydrogen-bond acceptors (Lipinski definition) is 6. The minimum atomic E-state index is -0.751. The third kappa shape index (κ3) is 4.60. The summed E-state index contributed by atoms with van der Waals surface area (Å²) in [4.78, 5) is 24.3. The van der Waals surface area contributed by atoms with Gasteiger partial charge in [0.1, 0.15) is 13.2 Å². The van der Waals surface area contributed by atoms with Gasteiger partial charge in [0.05, 0.1) is 25.2 Å². The van der Waals surface area contributed by atoms with Crippen molar-refractivity contribution in [2.24, 2.45) is 5.41 Å². The number of benzene rings is 2. The number of hydrogen-bond donors (Lipinski definition) is 1. The lowest BCUT2D eigenvalue weighted by Crippen LogP contribution is -2.41. The summed E-state index contributed by atoms with van der Waals surface area (Å²) in [6.07, 6.45) is 0.862. The van der Waals surface area contributed by atoms with Crippen LogP contribution in [0.2, 0.25) is 0 Å². The van der Waals surface area contributed by atoms with Crippen molar-refractivity contribution in [1.82, 2.24) is 5.32 Å². The molecular weight excluding hydrogens is 398 g/mol. The zero-order valence-corrected chi connectivity index (χ0v) is 18.7. The summed E-state index contributed by atoms with van der Waals surface area (Å²) in [6.45, 7) is 6.69. The van der Waals surface area contributed by atoms with Crippen LogP contribution in [0.3, 0.4) is 0 Å². The monoisotopic (exact) mass is 427 g/mol. The molecule has 0 aliphatic carbocycles. The first-order valence-electron chi connectivity index (χ1n) is 10.3. The number of amides is 1. The Kier molecular flexibility index (Phi) is 6.73. The molecule has 1 aliphatic rings. The normalized spacial score (nSPS) is 12.7. The van der Waals surface area contributed by atoms with Crippen LogP contribution in [0.4, 0.5) is 0 Å². The average Bonchev–Trinajstić information content (AvgIpc) is 3.15. The highest BCUT2D eigenvalue weighted by Gasteiger charge is 2.30. The Morgan fingerprint density at radius 1 is 1.10 bits per heavy atom. The highest BCUT2D eigenvalue weighted by atomic mass is 16.5. The molecule has 1 N–H and O–H groups in total. The van der Waals surface area contributed by atoms with Gasteiger partial charge in [-0.2, -0.15) is 0 Å². The molecular formula is C24H29NO6. The summed E-state index contributed by atoms with van der Waals surface area (Å²) in [6, 6.07) is 9.18. The molecule has 0 aromatic heterocycles. The predicted molar refractivity (Wildman–Crippen MR) is 117 cm³/mol. The van der Waals surface area contributed by atoms with E-state index in [9.17, 15) is 9.59 Å². The third-order valence-corrected chi connectivity index (χ3v) is 5.22. The molecule has 2 aromatic carbocycles. The van der Waals surface area contributed by atoms with Crippen molar-refractivity contribution in [3.05, 3.63) is 41.5 Å². The summed E-state index contributed by atoms with van der Waals surface area (Å²) in [5.41, 5.74) is 2.26. The standard InChI is InChI=1S/C24H29NO6/c1-6-11-25-23(27)24(2,3)14-31-20-17(9-10-19(28-4)21(20)29-5)15-7-8-18-16(12-15)13-30-22(18)26/h7-10,12H,6,11,13-14H2,1-5H3,(H,25,27). The van der Waals surface area contributed by atoms with Crippen molar-refractivity contribution in [2.45, 2.75) is 33.8 Å². The summed E-state index contributed by atoms with van der Waals surface area (Å²) < 4.78 is 22.4. The molecule has 0 radical (unpaired) electrons. The molecule has 0 unspecified atom stereocenters. The van der Waals surface area contributed by atoms with Crippen LogP contribution in [0.5, 0.6) is 17.2 Å². The quantitative estimate of drug-likeness (QED) is 0.610. The number of carbonyl (C=O) groups is 2. The number of fused-ring (bicyclic) bond motifs is 1. The van der Waals surface area contributed by atoms with Crippen molar-refractivity contribution < 1.29 is 28.5 Å². The zero-order chi connectivity index (χ0) is 22.6. The number of cyclic esters (lactones) is 1. The van der Waals surface area contributed by atoms with Crippen LogP contribution < -0.4 is 19.5 Å². The number of rotatable bonds is 9. The van der Waals surface area contributed by atoms with Crippen LogP contribution in [0.1, 0.15) is 43.1 Å².